The van der Waals surface area contributed by atoms with Crippen molar-refractivity contribution in [1.82, 2.24) is 9.55 Å². The number of nitrogen functional groups attached to an aromatic ring is 1. The predicted octanol–water partition coefficient (Wildman–Crippen LogP) is 1.18. The Morgan fingerprint density at radius 2 is 2.25 bits per heavy atom. The van der Waals surface area contributed by atoms with Crippen LogP contribution in [0.5, 0.6) is 0 Å². The second-order valence-corrected chi connectivity index (χ2v) is 3.81. The Morgan fingerprint density at radius 3 is 2.94 bits per heavy atom. The normalized spacial score (nSPS) is 10.3. The molecule has 0 spiro atoms. The molecule has 0 aliphatic rings. The number of rotatable bonds is 2. The molecule has 2 aromatic rings. The van der Waals surface area contributed by atoms with E-state index in [4.69, 9.17) is 5.73 Å². The van der Waals surface area contributed by atoms with Crippen LogP contribution >= 0.6 is 0 Å². The van der Waals surface area contributed by atoms with E-state index in [-0.39, 0.29) is 11.1 Å². The zero-order valence-corrected chi connectivity index (χ0v) is 9.05. The Kier molecular flexibility index (Phi) is 2.72. The molecule has 0 bridgehead atoms. The summed E-state index contributed by atoms with van der Waals surface area (Å²) in [6.45, 7) is 2.66. The van der Waals surface area contributed by atoms with Gasteiger partial charge in [-0.3, -0.25) is 9.78 Å². The lowest BCUT2D eigenvalue weighted by molar-refractivity contribution is 0.786. The summed E-state index contributed by atoms with van der Waals surface area (Å²) in [4.78, 5) is 15.2. The molecule has 0 aliphatic heterocycles. The van der Waals surface area contributed by atoms with Crippen molar-refractivity contribution in [2.75, 3.05) is 5.73 Å². The molecule has 0 saturated heterocycles. The van der Waals surface area contributed by atoms with Crippen LogP contribution in [0, 0.1) is 6.92 Å². The zero-order valence-electron chi connectivity index (χ0n) is 9.05. The molecule has 4 nitrogen and oxygen atoms in total. The first-order chi connectivity index (χ1) is 7.65. The van der Waals surface area contributed by atoms with Gasteiger partial charge in [-0.05, 0) is 18.1 Å². The van der Waals surface area contributed by atoms with E-state index in [0.29, 0.717) is 6.54 Å². The van der Waals surface area contributed by atoms with Gasteiger partial charge in [-0.15, -0.1) is 0 Å². The first-order valence-electron chi connectivity index (χ1n) is 5.01. The Morgan fingerprint density at radius 1 is 1.44 bits per heavy atom. The van der Waals surface area contributed by atoms with Gasteiger partial charge < -0.3 is 10.3 Å². The quantitative estimate of drug-likeness (QED) is 0.818. The summed E-state index contributed by atoms with van der Waals surface area (Å²) in [5.41, 5.74) is 7.89. The second-order valence-electron chi connectivity index (χ2n) is 3.81. The van der Waals surface area contributed by atoms with Gasteiger partial charge in [0.05, 0.1) is 5.69 Å². The Bertz CT molecular complexity index is 560. The molecule has 2 heterocycles. The average Bonchev–Trinajstić information content (AvgIpc) is 2.24. The third kappa shape index (κ3) is 2.28. The largest absolute Gasteiger partial charge is 0.394 e. The summed E-state index contributed by atoms with van der Waals surface area (Å²) in [6, 6.07) is 3.53. The molecular weight excluding hydrogens is 202 g/mol. The van der Waals surface area contributed by atoms with Crippen LogP contribution in [0.4, 0.5) is 5.69 Å². The number of aromatic nitrogens is 2. The van der Waals surface area contributed by atoms with Crippen LogP contribution < -0.4 is 11.2 Å². The minimum atomic E-state index is -0.140. The standard InChI is InChI=1S/C12H13N3O/c1-9-4-10(6-14-5-9)7-15-3-2-12(16)11(13)8-15/h2-6,8H,7,13H2,1H3. The molecule has 82 valence electrons. The molecule has 0 aliphatic carbocycles. The highest BCUT2D eigenvalue weighted by Crippen LogP contribution is 2.04. The highest BCUT2D eigenvalue weighted by atomic mass is 16.1. The number of hydrogen-bond donors (Lipinski definition) is 1. The van der Waals surface area contributed by atoms with Crippen molar-refractivity contribution in [2.24, 2.45) is 0 Å². The maximum Gasteiger partial charge on any atom is 0.204 e. The van der Waals surface area contributed by atoms with Crippen molar-refractivity contribution in [2.45, 2.75) is 13.5 Å². The first-order valence-corrected chi connectivity index (χ1v) is 5.01. The van der Waals surface area contributed by atoms with E-state index in [9.17, 15) is 4.79 Å². The van der Waals surface area contributed by atoms with Crippen LogP contribution in [0.15, 0.2) is 41.7 Å². The summed E-state index contributed by atoms with van der Waals surface area (Å²) < 4.78 is 1.87. The Labute approximate surface area is 93.4 Å². The van der Waals surface area contributed by atoms with Gasteiger partial charge in [0.1, 0.15) is 0 Å². The lowest BCUT2D eigenvalue weighted by atomic mass is 10.2. The van der Waals surface area contributed by atoms with Gasteiger partial charge in [-0.2, -0.15) is 0 Å². The summed E-state index contributed by atoms with van der Waals surface area (Å²) in [7, 11) is 0. The molecule has 0 saturated carbocycles. The van der Waals surface area contributed by atoms with Gasteiger partial charge in [0.2, 0.25) is 5.43 Å². The molecule has 0 aromatic carbocycles. The van der Waals surface area contributed by atoms with E-state index in [1.165, 1.54) is 6.07 Å². The van der Waals surface area contributed by atoms with Crippen molar-refractivity contribution < 1.29 is 0 Å². The molecule has 0 amide bonds. The van der Waals surface area contributed by atoms with E-state index in [2.05, 4.69) is 11.1 Å². The Balaban J connectivity index is 2.27. The van der Waals surface area contributed by atoms with E-state index in [1.807, 2.05) is 17.7 Å². The molecule has 4 heteroatoms. The summed E-state index contributed by atoms with van der Waals surface area (Å²) in [5, 5.41) is 0. The van der Waals surface area contributed by atoms with Crippen LogP contribution in [-0.4, -0.2) is 9.55 Å². The number of anilines is 1. The molecule has 2 N–H and O–H groups in total. The van der Waals surface area contributed by atoms with Gasteiger partial charge in [-0.1, -0.05) is 6.07 Å². The van der Waals surface area contributed by atoms with Crippen molar-refractivity contribution in [1.29, 1.82) is 0 Å². The fourth-order valence-corrected chi connectivity index (χ4v) is 1.56. The van der Waals surface area contributed by atoms with Crippen molar-refractivity contribution in [3.63, 3.8) is 0 Å². The van der Waals surface area contributed by atoms with Crippen molar-refractivity contribution >= 4 is 5.69 Å². The van der Waals surface area contributed by atoms with Gasteiger partial charge in [0, 0.05) is 37.4 Å². The second kappa shape index (κ2) is 4.18. The molecule has 0 fully saturated rings. The molecule has 0 unspecified atom stereocenters. The highest BCUT2D eigenvalue weighted by molar-refractivity contribution is 5.34. The molecule has 0 radical (unpaired) electrons. The summed E-state index contributed by atoms with van der Waals surface area (Å²) in [5.74, 6) is 0. The fraction of sp³-hybridized carbons (Fsp3) is 0.167. The molecule has 16 heavy (non-hydrogen) atoms. The predicted molar refractivity (Wildman–Crippen MR) is 63.2 cm³/mol. The summed E-state index contributed by atoms with van der Waals surface area (Å²) >= 11 is 0. The van der Waals surface area contributed by atoms with Gasteiger partial charge in [0.15, 0.2) is 0 Å². The monoisotopic (exact) mass is 215 g/mol. The lowest BCUT2D eigenvalue weighted by Crippen LogP contribution is -2.11. The SMILES string of the molecule is Cc1cncc(Cn2ccc(=O)c(N)c2)c1. The molecule has 2 aromatic heterocycles. The molecule has 2 rings (SSSR count). The number of nitrogens with two attached hydrogens (primary N) is 1. The molecule has 0 atom stereocenters. The van der Waals surface area contributed by atoms with Crippen LogP contribution in [0.1, 0.15) is 11.1 Å². The number of nitrogens with zero attached hydrogens (tertiary/aromatic N) is 2. The fourth-order valence-electron chi connectivity index (χ4n) is 1.56. The van der Waals surface area contributed by atoms with Crippen LogP contribution in [0.3, 0.4) is 0 Å². The maximum absolute atomic E-state index is 11.1. The van der Waals surface area contributed by atoms with E-state index >= 15 is 0 Å². The highest BCUT2D eigenvalue weighted by Gasteiger charge is 1.97. The van der Waals surface area contributed by atoms with Crippen LogP contribution in [0.25, 0.3) is 0 Å². The first kappa shape index (κ1) is 10.4. The van der Waals surface area contributed by atoms with Crippen molar-refractivity contribution in [3.05, 3.63) is 58.3 Å². The number of aryl methyl sites for hydroxylation is 1. The maximum atomic E-state index is 11.1. The van der Waals surface area contributed by atoms with E-state index < -0.39 is 0 Å². The minimum Gasteiger partial charge on any atom is -0.394 e. The van der Waals surface area contributed by atoms with Gasteiger partial charge in [0.25, 0.3) is 0 Å². The van der Waals surface area contributed by atoms with Crippen LogP contribution in [-0.2, 0) is 6.54 Å². The summed E-state index contributed by atoms with van der Waals surface area (Å²) in [6.07, 6.45) is 6.98. The van der Waals surface area contributed by atoms with E-state index in [0.717, 1.165) is 11.1 Å². The topological polar surface area (TPSA) is 60.9 Å². The number of hydrogen-bond acceptors (Lipinski definition) is 3. The number of pyridine rings is 2. The smallest absolute Gasteiger partial charge is 0.204 e. The lowest BCUT2D eigenvalue weighted by Gasteiger charge is -2.07. The third-order valence-corrected chi connectivity index (χ3v) is 2.30. The molecular formula is C12H13N3O. The van der Waals surface area contributed by atoms with E-state index in [1.54, 1.807) is 18.6 Å². The van der Waals surface area contributed by atoms with Crippen molar-refractivity contribution in [3.8, 4) is 0 Å². The average molecular weight is 215 g/mol. The Hall–Kier alpha value is -2.10. The van der Waals surface area contributed by atoms with Crippen LogP contribution in [0.2, 0.25) is 0 Å². The minimum absolute atomic E-state index is 0.140. The van der Waals surface area contributed by atoms with Gasteiger partial charge in [-0.25, -0.2) is 0 Å². The van der Waals surface area contributed by atoms with Gasteiger partial charge >= 0.3 is 0 Å². The zero-order chi connectivity index (χ0) is 11.5. The third-order valence-electron chi connectivity index (χ3n) is 2.30.